The van der Waals surface area contributed by atoms with Crippen LogP contribution in [0.3, 0.4) is 0 Å². The number of hydrogen-bond acceptors (Lipinski definition) is 4. The second-order valence-electron chi connectivity index (χ2n) is 7.04. The Morgan fingerprint density at radius 2 is 1.85 bits per heavy atom. The summed E-state index contributed by atoms with van der Waals surface area (Å²) in [4.78, 5) is 2.72. The van der Waals surface area contributed by atoms with E-state index in [1.807, 2.05) is 0 Å². The first kappa shape index (κ1) is 14.8. The highest BCUT2D eigenvalue weighted by Gasteiger charge is 2.47. The zero-order valence-electron chi connectivity index (χ0n) is 13.2. The third-order valence-corrected chi connectivity index (χ3v) is 5.60. The van der Waals surface area contributed by atoms with Gasteiger partial charge in [-0.15, -0.1) is 0 Å². The molecule has 116 valence electrons. The lowest BCUT2D eigenvalue weighted by Crippen LogP contribution is -2.60. The van der Waals surface area contributed by atoms with Gasteiger partial charge in [0.1, 0.15) is 0 Å². The molecule has 1 aliphatic carbocycles. The van der Waals surface area contributed by atoms with Crippen molar-refractivity contribution in [2.75, 3.05) is 26.8 Å². The summed E-state index contributed by atoms with van der Waals surface area (Å²) in [7, 11) is 2.10. The molecule has 0 radical (unpaired) electrons. The molecule has 0 amide bonds. The first-order valence-corrected chi connectivity index (χ1v) is 8.34. The minimum absolute atomic E-state index is 0.279. The largest absolute Gasteiger partial charge is 0.347 e. The summed E-state index contributed by atoms with van der Waals surface area (Å²) in [5.74, 6) is 0.533. The zero-order chi connectivity index (χ0) is 14.2. The SMILES string of the molecule is CNC1CCC2(CC1N1CC(C)CCC1C)OCCO2. The van der Waals surface area contributed by atoms with Crippen LogP contribution in [0.25, 0.3) is 0 Å². The number of nitrogens with one attached hydrogen (secondary N) is 1. The maximum Gasteiger partial charge on any atom is 0.170 e. The van der Waals surface area contributed by atoms with Crippen LogP contribution in [0.5, 0.6) is 0 Å². The molecule has 0 bridgehead atoms. The van der Waals surface area contributed by atoms with Crippen LogP contribution >= 0.6 is 0 Å². The lowest BCUT2D eigenvalue weighted by atomic mass is 9.82. The van der Waals surface area contributed by atoms with Crippen molar-refractivity contribution in [3.05, 3.63) is 0 Å². The molecule has 2 heterocycles. The fraction of sp³-hybridized carbons (Fsp3) is 1.00. The van der Waals surface area contributed by atoms with Crippen LogP contribution in [0.1, 0.15) is 46.0 Å². The molecule has 0 aromatic heterocycles. The van der Waals surface area contributed by atoms with E-state index in [-0.39, 0.29) is 5.79 Å². The lowest BCUT2D eigenvalue weighted by molar-refractivity contribution is -0.196. The number of hydrogen-bond donors (Lipinski definition) is 1. The molecule has 4 heteroatoms. The Balaban J connectivity index is 1.76. The highest BCUT2D eigenvalue weighted by molar-refractivity contribution is 4.98. The van der Waals surface area contributed by atoms with Crippen molar-refractivity contribution in [3.63, 3.8) is 0 Å². The van der Waals surface area contributed by atoms with Gasteiger partial charge >= 0.3 is 0 Å². The van der Waals surface area contributed by atoms with E-state index in [0.717, 1.165) is 38.4 Å². The van der Waals surface area contributed by atoms with Gasteiger partial charge in [-0.05, 0) is 39.2 Å². The van der Waals surface area contributed by atoms with Crippen LogP contribution in [-0.2, 0) is 9.47 Å². The molecule has 4 unspecified atom stereocenters. The summed E-state index contributed by atoms with van der Waals surface area (Å²) < 4.78 is 12.0. The second-order valence-corrected chi connectivity index (χ2v) is 7.04. The highest BCUT2D eigenvalue weighted by Crippen LogP contribution is 2.39. The highest BCUT2D eigenvalue weighted by atomic mass is 16.7. The fourth-order valence-electron chi connectivity index (χ4n) is 4.36. The number of likely N-dealkylation sites (N-methyl/N-ethyl adjacent to an activating group) is 1. The molecule has 0 aromatic carbocycles. The Kier molecular flexibility index (Phi) is 4.37. The smallest absolute Gasteiger partial charge is 0.170 e. The predicted molar refractivity (Wildman–Crippen MR) is 79.7 cm³/mol. The minimum atomic E-state index is -0.279. The summed E-state index contributed by atoms with van der Waals surface area (Å²) in [6.07, 6.45) is 5.90. The monoisotopic (exact) mass is 282 g/mol. The Labute approximate surface area is 123 Å². The van der Waals surface area contributed by atoms with Crippen molar-refractivity contribution in [2.24, 2.45) is 5.92 Å². The molecule has 20 heavy (non-hydrogen) atoms. The van der Waals surface area contributed by atoms with Crippen LogP contribution in [0.2, 0.25) is 0 Å². The standard InChI is InChI=1S/C16H30N2O2/c1-12-4-5-13(2)18(11-12)15-10-16(19-8-9-20-16)7-6-14(15)17-3/h12-15,17H,4-11H2,1-3H3. The lowest BCUT2D eigenvalue weighted by Gasteiger charge is -2.50. The van der Waals surface area contributed by atoms with Gasteiger partial charge in [-0.2, -0.15) is 0 Å². The van der Waals surface area contributed by atoms with Crippen LogP contribution in [0.4, 0.5) is 0 Å². The average molecular weight is 282 g/mol. The molecular formula is C16H30N2O2. The topological polar surface area (TPSA) is 33.7 Å². The number of rotatable bonds is 2. The predicted octanol–water partition coefficient (Wildman–Crippen LogP) is 1.99. The molecule has 2 aliphatic heterocycles. The summed E-state index contributed by atoms with van der Waals surface area (Å²) in [5.41, 5.74) is 0. The van der Waals surface area contributed by atoms with Gasteiger partial charge in [0.15, 0.2) is 5.79 Å². The van der Waals surface area contributed by atoms with Gasteiger partial charge in [-0.1, -0.05) is 6.92 Å². The molecule has 4 nitrogen and oxygen atoms in total. The molecule has 1 N–H and O–H groups in total. The summed E-state index contributed by atoms with van der Waals surface area (Å²) in [6.45, 7) is 7.52. The summed E-state index contributed by atoms with van der Waals surface area (Å²) in [6, 6.07) is 1.80. The first-order chi connectivity index (χ1) is 9.63. The van der Waals surface area contributed by atoms with Crippen LogP contribution in [0.15, 0.2) is 0 Å². The van der Waals surface area contributed by atoms with Gasteiger partial charge in [-0.25, -0.2) is 0 Å². The van der Waals surface area contributed by atoms with Crippen molar-refractivity contribution in [3.8, 4) is 0 Å². The second kappa shape index (κ2) is 5.91. The Morgan fingerprint density at radius 3 is 2.55 bits per heavy atom. The van der Waals surface area contributed by atoms with Gasteiger partial charge in [0.05, 0.1) is 13.2 Å². The number of piperidine rings is 1. The van der Waals surface area contributed by atoms with Crippen LogP contribution in [0, 0.1) is 5.92 Å². The molecule has 1 saturated carbocycles. The van der Waals surface area contributed by atoms with Gasteiger partial charge in [-0.3, -0.25) is 4.90 Å². The van der Waals surface area contributed by atoms with Crippen LogP contribution < -0.4 is 5.32 Å². The summed E-state index contributed by atoms with van der Waals surface area (Å²) in [5, 5.41) is 3.54. The van der Waals surface area contributed by atoms with Gasteiger partial charge < -0.3 is 14.8 Å². The number of likely N-dealkylation sites (tertiary alicyclic amines) is 1. The van der Waals surface area contributed by atoms with E-state index in [4.69, 9.17) is 9.47 Å². The molecule has 0 aromatic rings. The van der Waals surface area contributed by atoms with Crippen molar-refractivity contribution < 1.29 is 9.47 Å². The molecule has 1 spiro atoms. The van der Waals surface area contributed by atoms with Crippen molar-refractivity contribution in [1.82, 2.24) is 10.2 Å². The Bertz CT molecular complexity index is 330. The van der Waals surface area contributed by atoms with E-state index in [1.165, 1.54) is 19.4 Å². The maximum atomic E-state index is 5.98. The maximum absolute atomic E-state index is 5.98. The molecule has 2 saturated heterocycles. The van der Waals surface area contributed by atoms with E-state index in [0.29, 0.717) is 18.1 Å². The Hall–Kier alpha value is -0.160. The van der Waals surface area contributed by atoms with Gasteiger partial charge in [0, 0.05) is 37.5 Å². The zero-order valence-corrected chi connectivity index (χ0v) is 13.2. The van der Waals surface area contributed by atoms with Crippen molar-refractivity contribution in [2.45, 2.75) is 69.9 Å². The van der Waals surface area contributed by atoms with E-state index in [2.05, 4.69) is 31.1 Å². The first-order valence-electron chi connectivity index (χ1n) is 8.34. The molecule has 3 aliphatic rings. The normalized spacial score (nSPS) is 42.1. The molecule has 3 fully saturated rings. The number of nitrogens with zero attached hydrogens (tertiary/aromatic N) is 1. The molecule has 3 rings (SSSR count). The van der Waals surface area contributed by atoms with E-state index in [1.54, 1.807) is 0 Å². The quantitative estimate of drug-likeness (QED) is 0.840. The Morgan fingerprint density at radius 1 is 1.10 bits per heavy atom. The van der Waals surface area contributed by atoms with E-state index < -0.39 is 0 Å². The third kappa shape index (κ3) is 2.76. The summed E-state index contributed by atoms with van der Waals surface area (Å²) >= 11 is 0. The van der Waals surface area contributed by atoms with E-state index in [9.17, 15) is 0 Å². The minimum Gasteiger partial charge on any atom is -0.347 e. The average Bonchev–Trinajstić information content (AvgIpc) is 2.90. The number of ether oxygens (including phenoxy) is 2. The van der Waals surface area contributed by atoms with Gasteiger partial charge in [0.25, 0.3) is 0 Å². The van der Waals surface area contributed by atoms with Gasteiger partial charge in [0.2, 0.25) is 0 Å². The molecule has 4 atom stereocenters. The van der Waals surface area contributed by atoms with Crippen LogP contribution in [-0.4, -0.2) is 55.6 Å². The molecular weight excluding hydrogens is 252 g/mol. The van der Waals surface area contributed by atoms with Crippen molar-refractivity contribution in [1.29, 1.82) is 0 Å². The van der Waals surface area contributed by atoms with E-state index >= 15 is 0 Å². The van der Waals surface area contributed by atoms with Crippen molar-refractivity contribution >= 4 is 0 Å². The fourth-order valence-corrected chi connectivity index (χ4v) is 4.36. The third-order valence-electron chi connectivity index (χ3n) is 5.60.